The molecule has 8 nitrogen and oxygen atoms in total. The summed E-state index contributed by atoms with van der Waals surface area (Å²) in [4.78, 5) is 0. The van der Waals surface area contributed by atoms with E-state index in [4.69, 9.17) is 15.2 Å². The molecule has 1 atom stereocenters. The molecule has 166 valence electrons. The van der Waals surface area contributed by atoms with Crippen LogP contribution in [0.2, 0.25) is 0 Å². The van der Waals surface area contributed by atoms with Crippen molar-refractivity contribution in [2.75, 3.05) is 19.5 Å². The number of methoxy groups -OCH3 is 2. The van der Waals surface area contributed by atoms with Crippen molar-refractivity contribution < 1.29 is 22.6 Å². The number of nitrogens with one attached hydrogen (secondary N) is 1. The van der Waals surface area contributed by atoms with Crippen LogP contribution in [0, 0.1) is 11.3 Å². The van der Waals surface area contributed by atoms with E-state index in [2.05, 4.69) is 10.4 Å². The molecule has 1 aliphatic rings. The number of hydrogen-bond donors (Lipinski definition) is 2. The monoisotopic (exact) mass is 444 g/mol. The van der Waals surface area contributed by atoms with Gasteiger partial charge in [0, 0.05) is 24.9 Å². The second-order valence-corrected chi connectivity index (χ2v) is 7.15. The number of ether oxygens (including phenoxy) is 2. The van der Waals surface area contributed by atoms with Gasteiger partial charge in [-0.15, -0.1) is 0 Å². The second kappa shape index (κ2) is 7.26. The number of aromatic nitrogens is 3. The van der Waals surface area contributed by atoms with Gasteiger partial charge in [-0.05, 0) is 30.3 Å². The standard InChI is InChI=1S/C21H19F3N6O2/c1-29-8-4-5-17(29)20(21(22,23)24)13(11-25)19(26)30-18(27-20)10-14(28-30)12-6-7-15(31-2)16(9-12)32-3/h4-10,27H,26H2,1-3H3. The average molecular weight is 444 g/mol. The summed E-state index contributed by atoms with van der Waals surface area (Å²) in [6, 6.07) is 10.8. The molecule has 1 aliphatic heterocycles. The lowest BCUT2D eigenvalue weighted by Gasteiger charge is -2.40. The Balaban J connectivity index is 1.92. The lowest BCUT2D eigenvalue weighted by Crippen LogP contribution is -2.54. The van der Waals surface area contributed by atoms with Crippen molar-refractivity contribution in [3.8, 4) is 28.8 Å². The number of benzene rings is 1. The maximum atomic E-state index is 14.6. The Morgan fingerprint density at radius 3 is 2.44 bits per heavy atom. The molecular weight excluding hydrogens is 425 g/mol. The molecule has 2 aromatic heterocycles. The molecule has 0 bridgehead atoms. The summed E-state index contributed by atoms with van der Waals surface area (Å²) in [7, 11) is 4.43. The molecule has 0 saturated carbocycles. The predicted molar refractivity (Wildman–Crippen MR) is 111 cm³/mol. The molecule has 0 spiro atoms. The zero-order valence-corrected chi connectivity index (χ0v) is 17.4. The Kier molecular flexibility index (Phi) is 4.81. The number of nitrogens with two attached hydrogens (primary N) is 1. The Hall–Kier alpha value is -4.07. The molecule has 0 fully saturated rings. The number of aryl methyl sites for hydroxylation is 1. The number of anilines is 1. The van der Waals surface area contributed by atoms with Crippen LogP contribution in [0.4, 0.5) is 19.0 Å². The molecule has 32 heavy (non-hydrogen) atoms. The third kappa shape index (κ3) is 2.87. The first-order valence-electron chi connectivity index (χ1n) is 9.37. The lowest BCUT2D eigenvalue weighted by atomic mass is 9.84. The minimum absolute atomic E-state index is 0.00944. The Morgan fingerprint density at radius 2 is 1.88 bits per heavy atom. The number of alkyl halides is 3. The summed E-state index contributed by atoms with van der Waals surface area (Å²) in [5.41, 5.74) is 3.27. The van der Waals surface area contributed by atoms with Gasteiger partial charge in [0.2, 0.25) is 5.54 Å². The van der Waals surface area contributed by atoms with Crippen molar-refractivity contribution in [3.63, 3.8) is 0 Å². The molecule has 3 N–H and O–H groups in total. The third-order valence-electron chi connectivity index (χ3n) is 5.43. The van der Waals surface area contributed by atoms with Crippen molar-refractivity contribution in [3.05, 3.63) is 53.9 Å². The molecular formula is C21H19F3N6O2. The first-order chi connectivity index (χ1) is 15.2. The van der Waals surface area contributed by atoms with E-state index in [1.165, 1.54) is 50.2 Å². The van der Waals surface area contributed by atoms with E-state index in [0.717, 1.165) is 4.68 Å². The van der Waals surface area contributed by atoms with Crippen molar-refractivity contribution in [1.82, 2.24) is 14.3 Å². The van der Waals surface area contributed by atoms with Crippen LogP contribution in [-0.4, -0.2) is 34.7 Å². The van der Waals surface area contributed by atoms with Gasteiger partial charge in [0.05, 0.1) is 25.6 Å². The van der Waals surface area contributed by atoms with Crippen LogP contribution in [0.1, 0.15) is 5.69 Å². The zero-order valence-electron chi connectivity index (χ0n) is 17.4. The first kappa shape index (κ1) is 21.2. The summed E-state index contributed by atoms with van der Waals surface area (Å²) in [6.45, 7) is 0. The minimum Gasteiger partial charge on any atom is -0.493 e. The molecule has 0 amide bonds. The quantitative estimate of drug-likeness (QED) is 0.639. The van der Waals surface area contributed by atoms with Crippen LogP contribution in [0.15, 0.2) is 48.2 Å². The third-order valence-corrected chi connectivity index (χ3v) is 5.43. The van der Waals surface area contributed by atoms with Gasteiger partial charge in [-0.25, -0.2) is 4.68 Å². The summed E-state index contributed by atoms with van der Waals surface area (Å²) in [5, 5.41) is 16.6. The van der Waals surface area contributed by atoms with E-state index in [9.17, 15) is 18.4 Å². The van der Waals surface area contributed by atoms with Crippen LogP contribution < -0.4 is 20.5 Å². The Morgan fingerprint density at radius 1 is 1.16 bits per heavy atom. The highest BCUT2D eigenvalue weighted by molar-refractivity contribution is 5.75. The summed E-state index contributed by atoms with van der Waals surface area (Å²) >= 11 is 0. The normalized spacial score (nSPS) is 18.0. The van der Waals surface area contributed by atoms with E-state index in [1.807, 2.05) is 0 Å². The number of nitriles is 1. The predicted octanol–water partition coefficient (Wildman–Crippen LogP) is 3.44. The van der Waals surface area contributed by atoms with Gasteiger partial charge in [0.1, 0.15) is 23.3 Å². The molecule has 1 aromatic carbocycles. The highest BCUT2D eigenvalue weighted by atomic mass is 19.4. The minimum atomic E-state index is -4.88. The van der Waals surface area contributed by atoms with E-state index >= 15 is 0 Å². The fourth-order valence-electron chi connectivity index (χ4n) is 3.88. The van der Waals surface area contributed by atoms with Gasteiger partial charge >= 0.3 is 6.18 Å². The second-order valence-electron chi connectivity index (χ2n) is 7.15. The maximum absolute atomic E-state index is 14.6. The van der Waals surface area contributed by atoms with E-state index in [1.54, 1.807) is 24.3 Å². The Labute approximate surface area is 181 Å². The highest BCUT2D eigenvalue weighted by Crippen LogP contribution is 2.50. The molecule has 3 heterocycles. The van der Waals surface area contributed by atoms with Gasteiger partial charge in [-0.3, -0.25) is 0 Å². The van der Waals surface area contributed by atoms with Crippen LogP contribution in [0.25, 0.3) is 17.1 Å². The van der Waals surface area contributed by atoms with Crippen LogP contribution in [0.5, 0.6) is 11.5 Å². The maximum Gasteiger partial charge on any atom is 0.422 e. The van der Waals surface area contributed by atoms with Crippen LogP contribution in [-0.2, 0) is 12.6 Å². The molecule has 3 aromatic rings. The summed E-state index contributed by atoms with van der Waals surface area (Å²) < 4.78 is 56.6. The van der Waals surface area contributed by atoms with Crippen molar-refractivity contribution in [2.45, 2.75) is 11.7 Å². The SMILES string of the molecule is COc1ccc(-c2cc3n(n2)C(N)=C(C#N)C(c2cccn2C)(C(F)(F)F)N3)cc1OC. The smallest absolute Gasteiger partial charge is 0.422 e. The van der Waals surface area contributed by atoms with Gasteiger partial charge in [-0.2, -0.15) is 23.5 Å². The average Bonchev–Trinajstić information content (AvgIpc) is 3.38. The Bertz CT molecular complexity index is 1270. The fourth-order valence-corrected chi connectivity index (χ4v) is 3.88. The van der Waals surface area contributed by atoms with E-state index in [0.29, 0.717) is 22.8 Å². The van der Waals surface area contributed by atoms with E-state index in [-0.39, 0.29) is 11.5 Å². The van der Waals surface area contributed by atoms with Crippen LogP contribution >= 0.6 is 0 Å². The lowest BCUT2D eigenvalue weighted by molar-refractivity contribution is -0.172. The topological polar surface area (TPSA) is 103 Å². The van der Waals surface area contributed by atoms with Gasteiger partial charge in [0.25, 0.3) is 0 Å². The fraction of sp³-hybridized carbons (Fsp3) is 0.238. The van der Waals surface area contributed by atoms with Gasteiger partial charge < -0.3 is 25.1 Å². The number of halogens is 3. The zero-order chi connectivity index (χ0) is 23.3. The molecule has 0 aliphatic carbocycles. The number of rotatable bonds is 4. The largest absolute Gasteiger partial charge is 0.493 e. The molecule has 0 saturated heterocycles. The summed E-state index contributed by atoms with van der Waals surface area (Å²) in [6.07, 6.45) is -3.41. The van der Waals surface area contributed by atoms with Gasteiger partial charge in [-0.1, -0.05) is 0 Å². The summed E-state index contributed by atoms with van der Waals surface area (Å²) in [5.74, 6) is 0.499. The highest BCUT2D eigenvalue weighted by Gasteiger charge is 2.63. The van der Waals surface area contributed by atoms with Crippen molar-refractivity contribution >= 4 is 11.6 Å². The van der Waals surface area contributed by atoms with Crippen molar-refractivity contribution in [1.29, 1.82) is 5.26 Å². The first-order valence-corrected chi connectivity index (χ1v) is 9.37. The number of hydrogen-bond acceptors (Lipinski definition) is 6. The molecule has 0 radical (unpaired) electrons. The van der Waals surface area contributed by atoms with Crippen LogP contribution in [0.3, 0.4) is 0 Å². The van der Waals surface area contributed by atoms with Crippen molar-refractivity contribution in [2.24, 2.45) is 12.8 Å². The molecule has 1 unspecified atom stereocenters. The molecule has 11 heteroatoms. The van der Waals surface area contributed by atoms with Gasteiger partial charge in [0.15, 0.2) is 11.5 Å². The van der Waals surface area contributed by atoms with E-state index < -0.39 is 23.1 Å². The number of nitrogens with zero attached hydrogens (tertiary/aromatic N) is 4. The molecule has 4 rings (SSSR count). The number of fused-ring (bicyclic) bond motifs is 1.